The summed E-state index contributed by atoms with van der Waals surface area (Å²) in [5.74, 6) is -0.286. The third-order valence-electron chi connectivity index (χ3n) is 5.70. The van der Waals surface area contributed by atoms with Crippen molar-refractivity contribution in [2.24, 2.45) is 0 Å². The molecule has 4 aromatic rings. The standard InChI is InChI=1S/C26H23N3O4/c30-22(17-33-26(31)20-10-6-12-27-25(20)29-13-15-32-16-14-29)23-19-9-4-5-11-21(19)28-24(23)18-7-2-1-3-8-18/h1-12,28H,13-17H2. The van der Waals surface area contributed by atoms with Crippen molar-refractivity contribution >= 4 is 28.5 Å². The smallest absolute Gasteiger partial charge is 0.342 e. The first-order valence-corrected chi connectivity index (χ1v) is 10.9. The first kappa shape index (κ1) is 20.9. The topological polar surface area (TPSA) is 84.5 Å². The predicted molar refractivity (Wildman–Crippen MR) is 126 cm³/mol. The van der Waals surface area contributed by atoms with Crippen LogP contribution in [0.15, 0.2) is 72.9 Å². The van der Waals surface area contributed by atoms with Gasteiger partial charge in [-0.1, -0.05) is 48.5 Å². The summed E-state index contributed by atoms with van der Waals surface area (Å²) in [5.41, 5.74) is 3.32. The van der Waals surface area contributed by atoms with Crippen LogP contribution < -0.4 is 4.90 Å². The number of ketones is 1. The van der Waals surface area contributed by atoms with E-state index in [9.17, 15) is 9.59 Å². The number of rotatable bonds is 6. The lowest BCUT2D eigenvalue weighted by atomic mass is 10.0. The number of pyridine rings is 1. The number of morpholine rings is 1. The first-order valence-electron chi connectivity index (χ1n) is 10.9. The maximum atomic E-state index is 13.3. The molecule has 1 aliphatic rings. The van der Waals surface area contributed by atoms with E-state index in [2.05, 4.69) is 9.97 Å². The van der Waals surface area contributed by atoms with Crippen LogP contribution in [-0.4, -0.2) is 54.6 Å². The molecule has 3 heterocycles. The Labute approximate surface area is 191 Å². The minimum atomic E-state index is -0.570. The van der Waals surface area contributed by atoms with E-state index in [-0.39, 0.29) is 12.4 Å². The monoisotopic (exact) mass is 441 g/mol. The number of carbonyl (C=O) groups excluding carboxylic acids is 2. The summed E-state index contributed by atoms with van der Waals surface area (Å²) in [4.78, 5) is 35.9. The quantitative estimate of drug-likeness (QED) is 0.358. The Hall–Kier alpha value is -3.97. The molecule has 33 heavy (non-hydrogen) atoms. The number of Topliss-reactive ketones (excluding diaryl/α,β-unsaturated/α-hetero) is 1. The van der Waals surface area contributed by atoms with Gasteiger partial charge < -0.3 is 19.4 Å². The van der Waals surface area contributed by atoms with E-state index in [1.807, 2.05) is 59.5 Å². The molecule has 1 saturated heterocycles. The number of anilines is 1. The van der Waals surface area contributed by atoms with Crippen LogP contribution in [0.5, 0.6) is 0 Å². The first-order chi connectivity index (χ1) is 16.2. The molecular formula is C26H23N3O4. The van der Waals surface area contributed by atoms with Crippen LogP contribution in [-0.2, 0) is 9.47 Å². The van der Waals surface area contributed by atoms with Crippen molar-refractivity contribution in [3.05, 3.63) is 84.1 Å². The van der Waals surface area contributed by atoms with Crippen LogP contribution in [0.3, 0.4) is 0 Å². The van der Waals surface area contributed by atoms with Crippen molar-refractivity contribution in [2.45, 2.75) is 0 Å². The SMILES string of the molecule is O=C(OCC(=O)c1c(-c2ccccc2)[nH]c2ccccc12)c1cccnc1N1CCOCC1. The Balaban J connectivity index is 1.40. The highest BCUT2D eigenvalue weighted by molar-refractivity contribution is 6.14. The van der Waals surface area contributed by atoms with Crippen LogP contribution in [0.25, 0.3) is 22.2 Å². The predicted octanol–water partition coefficient (Wildman–Crippen LogP) is 4.11. The Kier molecular flexibility index (Phi) is 5.87. The average molecular weight is 441 g/mol. The number of benzene rings is 2. The van der Waals surface area contributed by atoms with Crippen molar-refractivity contribution in [3.8, 4) is 11.3 Å². The molecule has 0 radical (unpaired) electrons. The van der Waals surface area contributed by atoms with Gasteiger partial charge in [0.15, 0.2) is 6.61 Å². The van der Waals surface area contributed by atoms with Crippen LogP contribution in [0.4, 0.5) is 5.82 Å². The van der Waals surface area contributed by atoms with E-state index < -0.39 is 5.97 Å². The minimum absolute atomic E-state index is 0.267. The second-order valence-corrected chi connectivity index (χ2v) is 7.76. The molecule has 0 amide bonds. The molecule has 1 fully saturated rings. The maximum absolute atomic E-state index is 13.3. The molecule has 166 valence electrons. The van der Waals surface area contributed by atoms with Crippen LogP contribution in [0.2, 0.25) is 0 Å². The summed E-state index contributed by atoms with van der Waals surface area (Å²) in [6, 6.07) is 20.6. The van der Waals surface area contributed by atoms with Crippen molar-refractivity contribution in [3.63, 3.8) is 0 Å². The second kappa shape index (κ2) is 9.26. The zero-order valence-electron chi connectivity index (χ0n) is 18.0. The molecule has 1 aliphatic heterocycles. The number of para-hydroxylation sites is 1. The van der Waals surface area contributed by atoms with Crippen LogP contribution in [0, 0.1) is 0 Å². The number of hydrogen-bond donors (Lipinski definition) is 1. The van der Waals surface area contributed by atoms with Gasteiger partial charge in [0.25, 0.3) is 0 Å². The number of fused-ring (bicyclic) bond motifs is 1. The normalized spacial score (nSPS) is 13.8. The largest absolute Gasteiger partial charge is 0.454 e. The summed E-state index contributed by atoms with van der Waals surface area (Å²) < 4.78 is 10.9. The fourth-order valence-corrected chi connectivity index (χ4v) is 4.12. The molecule has 0 atom stereocenters. The zero-order valence-corrected chi connectivity index (χ0v) is 18.0. The lowest BCUT2D eigenvalue weighted by Gasteiger charge is -2.28. The van der Waals surface area contributed by atoms with Crippen LogP contribution >= 0.6 is 0 Å². The molecule has 0 aliphatic carbocycles. The van der Waals surface area contributed by atoms with Crippen molar-refractivity contribution < 1.29 is 19.1 Å². The Morgan fingerprint density at radius 2 is 1.73 bits per heavy atom. The number of esters is 1. The highest BCUT2D eigenvalue weighted by atomic mass is 16.5. The Bertz CT molecular complexity index is 1290. The number of ether oxygens (including phenoxy) is 2. The van der Waals surface area contributed by atoms with E-state index in [1.165, 1.54) is 0 Å². The third-order valence-corrected chi connectivity index (χ3v) is 5.70. The summed E-state index contributed by atoms with van der Waals surface area (Å²) >= 11 is 0. The van der Waals surface area contributed by atoms with E-state index in [0.29, 0.717) is 48.9 Å². The molecule has 1 N–H and O–H groups in total. The maximum Gasteiger partial charge on any atom is 0.342 e. The van der Waals surface area contributed by atoms with Gasteiger partial charge in [0.1, 0.15) is 11.4 Å². The molecule has 2 aromatic heterocycles. The molecular weight excluding hydrogens is 418 g/mol. The van der Waals surface area contributed by atoms with Gasteiger partial charge in [-0.2, -0.15) is 0 Å². The van der Waals surface area contributed by atoms with Gasteiger partial charge in [-0.15, -0.1) is 0 Å². The van der Waals surface area contributed by atoms with Gasteiger partial charge in [0.05, 0.1) is 24.5 Å². The number of H-pyrrole nitrogens is 1. The minimum Gasteiger partial charge on any atom is -0.454 e. The number of carbonyl (C=O) groups is 2. The van der Waals surface area contributed by atoms with Gasteiger partial charge in [0.2, 0.25) is 5.78 Å². The summed E-state index contributed by atoms with van der Waals surface area (Å²) in [5, 5.41) is 0.799. The van der Waals surface area contributed by atoms with Gasteiger partial charge in [-0.3, -0.25) is 4.79 Å². The summed E-state index contributed by atoms with van der Waals surface area (Å²) in [6.07, 6.45) is 1.64. The zero-order chi connectivity index (χ0) is 22.6. The third kappa shape index (κ3) is 4.23. The average Bonchev–Trinajstić information content (AvgIpc) is 3.28. The van der Waals surface area contributed by atoms with Gasteiger partial charge >= 0.3 is 5.97 Å². The highest BCUT2D eigenvalue weighted by Gasteiger charge is 2.24. The second-order valence-electron chi connectivity index (χ2n) is 7.76. The van der Waals surface area contributed by atoms with Crippen molar-refractivity contribution in [1.29, 1.82) is 0 Å². The molecule has 5 rings (SSSR count). The van der Waals surface area contributed by atoms with Crippen molar-refractivity contribution in [1.82, 2.24) is 9.97 Å². The fraction of sp³-hybridized carbons (Fsp3) is 0.192. The fourth-order valence-electron chi connectivity index (χ4n) is 4.12. The Morgan fingerprint density at radius 3 is 2.55 bits per heavy atom. The lowest BCUT2D eigenvalue weighted by Crippen LogP contribution is -2.37. The highest BCUT2D eigenvalue weighted by Crippen LogP contribution is 2.31. The number of nitrogens with zero attached hydrogens (tertiary/aromatic N) is 2. The van der Waals surface area contributed by atoms with Gasteiger partial charge in [-0.05, 0) is 23.8 Å². The lowest BCUT2D eigenvalue weighted by molar-refractivity contribution is 0.0475. The number of aromatic amines is 1. The molecule has 0 unspecified atom stereocenters. The Morgan fingerprint density at radius 1 is 0.970 bits per heavy atom. The van der Waals surface area contributed by atoms with Crippen LogP contribution in [0.1, 0.15) is 20.7 Å². The van der Waals surface area contributed by atoms with E-state index in [4.69, 9.17) is 9.47 Å². The molecule has 2 aromatic carbocycles. The van der Waals surface area contributed by atoms with Gasteiger partial charge in [0, 0.05) is 30.2 Å². The summed E-state index contributed by atoms with van der Waals surface area (Å²) in [6.45, 7) is 2.08. The molecule has 0 spiro atoms. The number of aromatic nitrogens is 2. The molecule has 0 bridgehead atoms. The van der Waals surface area contributed by atoms with E-state index in [0.717, 1.165) is 16.5 Å². The number of nitrogens with one attached hydrogen (secondary N) is 1. The van der Waals surface area contributed by atoms with E-state index >= 15 is 0 Å². The van der Waals surface area contributed by atoms with E-state index in [1.54, 1.807) is 18.3 Å². The molecule has 7 nitrogen and oxygen atoms in total. The number of hydrogen-bond acceptors (Lipinski definition) is 6. The summed E-state index contributed by atoms with van der Waals surface area (Å²) in [7, 11) is 0. The van der Waals surface area contributed by atoms with Gasteiger partial charge in [-0.25, -0.2) is 9.78 Å². The molecule has 0 saturated carbocycles. The molecule has 7 heteroatoms. The van der Waals surface area contributed by atoms with Crippen molar-refractivity contribution in [2.75, 3.05) is 37.8 Å².